The summed E-state index contributed by atoms with van der Waals surface area (Å²) in [5, 5.41) is 9.30. The summed E-state index contributed by atoms with van der Waals surface area (Å²) in [4.78, 5) is 0. The first-order valence-electron chi connectivity index (χ1n) is 5.25. The molecular weight excluding hydrogens is 226 g/mol. The van der Waals surface area contributed by atoms with E-state index in [0.717, 1.165) is 11.3 Å². The van der Waals surface area contributed by atoms with E-state index in [-0.39, 0.29) is 25.6 Å². The van der Waals surface area contributed by atoms with Crippen molar-refractivity contribution in [1.82, 2.24) is 0 Å². The van der Waals surface area contributed by atoms with E-state index in [4.69, 9.17) is 10.5 Å². The Hall–Kier alpha value is -0.770. The zero-order valence-corrected chi connectivity index (χ0v) is 10.5. The molecule has 3 N–H and O–H groups in total. The highest BCUT2D eigenvalue weighted by Crippen LogP contribution is 2.25. The number of aliphatic hydroxyl groups excluding tert-OH is 1. The molecule has 0 heterocycles. The van der Waals surface area contributed by atoms with E-state index in [0.29, 0.717) is 5.92 Å². The topological polar surface area (TPSA) is 55.5 Å². The van der Waals surface area contributed by atoms with Crippen LogP contribution in [0, 0.1) is 0 Å². The lowest BCUT2D eigenvalue weighted by Gasteiger charge is -2.15. The molecular formula is C12H20ClNO2. The summed E-state index contributed by atoms with van der Waals surface area (Å²) in [5.41, 5.74) is 6.46. The zero-order chi connectivity index (χ0) is 11.3. The molecule has 4 heteroatoms. The van der Waals surface area contributed by atoms with Gasteiger partial charge in [-0.05, 0) is 17.5 Å². The number of hydrogen-bond donors (Lipinski definition) is 2. The van der Waals surface area contributed by atoms with Crippen LogP contribution in [0.3, 0.4) is 0 Å². The van der Waals surface area contributed by atoms with Crippen LogP contribution in [-0.2, 0) is 0 Å². The van der Waals surface area contributed by atoms with Crippen LogP contribution in [0.5, 0.6) is 5.75 Å². The van der Waals surface area contributed by atoms with E-state index in [1.165, 1.54) is 0 Å². The second kappa shape index (κ2) is 7.49. The van der Waals surface area contributed by atoms with Crippen molar-refractivity contribution in [3.63, 3.8) is 0 Å². The van der Waals surface area contributed by atoms with Crippen molar-refractivity contribution in [2.75, 3.05) is 13.2 Å². The maximum atomic E-state index is 9.30. The molecule has 1 atom stereocenters. The quantitative estimate of drug-likeness (QED) is 0.834. The van der Waals surface area contributed by atoms with E-state index in [1.54, 1.807) is 0 Å². The molecule has 0 aromatic heterocycles. The number of ether oxygens (including phenoxy) is 1. The van der Waals surface area contributed by atoms with Crippen molar-refractivity contribution in [3.8, 4) is 5.75 Å². The molecule has 0 saturated heterocycles. The standard InChI is InChI=1S/C12H19NO2.ClH/c1-9(2)11-5-3-4-6-12(11)15-8-10(14)7-13;/h3-6,9-10,14H,7-8,13H2,1-2H3;1H. The van der Waals surface area contributed by atoms with Gasteiger partial charge >= 0.3 is 0 Å². The first kappa shape index (κ1) is 15.2. The third-order valence-electron chi connectivity index (χ3n) is 2.24. The fourth-order valence-electron chi connectivity index (χ4n) is 1.34. The predicted molar refractivity (Wildman–Crippen MR) is 68.3 cm³/mol. The molecule has 0 radical (unpaired) electrons. The smallest absolute Gasteiger partial charge is 0.122 e. The van der Waals surface area contributed by atoms with Gasteiger partial charge in [0, 0.05) is 6.54 Å². The van der Waals surface area contributed by atoms with Gasteiger partial charge < -0.3 is 15.6 Å². The summed E-state index contributed by atoms with van der Waals surface area (Å²) < 4.78 is 5.52. The minimum Gasteiger partial charge on any atom is -0.491 e. The minimum absolute atomic E-state index is 0. The molecule has 0 amide bonds. The number of benzene rings is 1. The van der Waals surface area contributed by atoms with Crippen LogP contribution in [-0.4, -0.2) is 24.4 Å². The molecule has 0 saturated carbocycles. The summed E-state index contributed by atoms with van der Waals surface area (Å²) >= 11 is 0. The third kappa shape index (κ3) is 4.39. The molecule has 92 valence electrons. The van der Waals surface area contributed by atoms with Crippen LogP contribution in [0.25, 0.3) is 0 Å². The second-order valence-electron chi connectivity index (χ2n) is 3.89. The number of halogens is 1. The summed E-state index contributed by atoms with van der Waals surface area (Å²) in [7, 11) is 0. The van der Waals surface area contributed by atoms with E-state index < -0.39 is 6.10 Å². The largest absolute Gasteiger partial charge is 0.491 e. The maximum Gasteiger partial charge on any atom is 0.122 e. The Morgan fingerprint density at radius 2 is 1.94 bits per heavy atom. The van der Waals surface area contributed by atoms with Crippen LogP contribution in [0.15, 0.2) is 24.3 Å². The van der Waals surface area contributed by atoms with Crippen molar-refractivity contribution >= 4 is 12.4 Å². The van der Waals surface area contributed by atoms with Gasteiger partial charge in [0.05, 0.1) is 0 Å². The molecule has 0 aliphatic carbocycles. The van der Waals surface area contributed by atoms with Gasteiger partial charge in [-0.2, -0.15) is 0 Å². The van der Waals surface area contributed by atoms with Crippen LogP contribution < -0.4 is 10.5 Å². The van der Waals surface area contributed by atoms with E-state index >= 15 is 0 Å². The van der Waals surface area contributed by atoms with Crippen LogP contribution in [0.4, 0.5) is 0 Å². The van der Waals surface area contributed by atoms with Gasteiger partial charge in [0.25, 0.3) is 0 Å². The Balaban J connectivity index is 0.00000225. The average molecular weight is 246 g/mol. The Labute approximate surface area is 103 Å². The molecule has 0 aliphatic heterocycles. The maximum absolute atomic E-state index is 9.30. The first-order chi connectivity index (χ1) is 7.15. The van der Waals surface area contributed by atoms with Crippen molar-refractivity contribution in [2.45, 2.75) is 25.9 Å². The highest BCUT2D eigenvalue weighted by molar-refractivity contribution is 5.85. The number of aliphatic hydroxyl groups is 1. The Bertz CT molecular complexity index is 305. The van der Waals surface area contributed by atoms with Crippen LogP contribution in [0.1, 0.15) is 25.3 Å². The Morgan fingerprint density at radius 1 is 1.31 bits per heavy atom. The molecule has 0 bridgehead atoms. The van der Waals surface area contributed by atoms with E-state index in [9.17, 15) is 5.11 Å². The molecule has 16 heavy (non-hydrogen) atoms. The first-order valence-corrected chi connectivity index (χ1v) is 5.25. The van der Waals surface area contributed by atoms with E-state index in [2.05, 4.69) is 13.8 Å². The second-order valence-corrected chi connectivity index (χ2v) is 3.89. The molecule has 1 aromatic rings. The number of nitrogens with two attached hydrogens (primary N) is 1. The fraction of sp³-hybridized carbons (Fsp3) is 0.500. The number of rotatable bonds is 5. The molecule has 1 unspecified atom stereocenters. The summed E-state index contributed by atoms with van der Waals surface area (Å²) in [6, 6.07) is 7.87. The fourth-order valence-corrected chi connectivity index (χ4v) is 1.34. The molecule has 0 spiro atoms. The summed E-state index contributed by atoms with van der Waals surface area (Å²) in [5.74, 6) is 1.25. The normalized spacial score (nSPS) is 12.1. The summed E-state index contributed by atoms with van der Waals surface area (Å²) in [6.45, 7) is 4.70. The van der Waals surface area contributed by atoms with Crippen molar-refractivity contribution in [2.24, 2.45) is 5.73 Å². The minimum atomic E-state index is -0.592. The highest BCUT2D eigenvalue weighted by Gasteiger charge is 2.08. The molecule has 3 nitrogen and oxygen atoms in total. The Kier molecular flexibility index (Phi) is 7.13. The lowest BCUT2D eigenvalue weighted by atomic mass is 10.0. The van der Waals surface area contributed by atoms with Gasteiger partial charge in [-0.25, -0.2) is 0 Å². The third-order valence-corrected chi connectivity index (χ3v) is 2.24. The van der Waals surface area contributed by atoms with Crippen molar-refractivity contribution in [1.29, 1.82) is 0 Å². The Morgan fingerprint density at radius 3 is 2.50 bits per heavy atom. The number of para-hydroxylation sites is 1. The molecule has 1 rings (SSSR count). The lowest BCUT2D eigenvalue weighted by molar-refractivity contribution is 0.113. The van der Waals surface area contributed by atoms with Gasteiger partial charge in [0.1, 0.15) is 18.5 Å². The van der Waals surface area contributed by atoms with Gasteiger partial charge in [-0.1, -0.05) is 32.0 Å². The zero-order valence-electron chi connectivity index (χ0n) is 9.72. The van der Waals surface area contributed by atoms with Crippen LogP contribution >= 0.6 is 12.4 Å². The molecule has 1 aromatic carbocycles. The predicted octanol–water partition coefficient (Wildman–Crippen LogP) is 1.93. The summed E-state index contributed by atoms with van der Waals surface area (Å²) in [6.07, 6.45) is -0.592. The average Bonchev–Trinajstić information content (AvgIpc) is 2.26. The van der Waals surface area contributed by atoms with Crippen molar-refractivity contribution in [3.05, 3.63) is 29.8 Å². The number of hydrogen-bond acceptors (Lipinski definition) is 3. The highest BCUT2D eigenvalue weighted by atomic mass is 35.5. The van der Waals surface area contributed by atoms with Gasteiger partial charge in [-0.15, -0.1) is 12.4 Å². The lowest BCUT2D eigenvalue weighted by Crippen LogP contribution is -2.26. The van der Waals surface area contributed by atoms with Gasteiger partial charge in [0.15, 0.2) is 0 Å². The van der Waals surface area contributed by atoms with Gasteiger partial charge in [-0.3, -0.25) is 0 Å². The van der Waals surface area contributed by atoms with Crippen molar-refractivity contribution < 1.29 is 9.84 Å². The SMILES string of the molecule is CC(C)c1ccccc1OCC(O)CN.Cl. The molecule has 0 aliphatic rings. The van der Waals surface area contributed by atoms with E-state index in [1.807, 2.05) is 24.3 Å². The van der Waals surface area contributed by atoms with Gasteiger partial charge in [0.2, 0.25) is 0 Å². The molecule has 0 fully saturated rings. The monoisotopic (exact) mass is 245 g/mol. The van der Waals surface area contributed by atoms with Crippen LogP contribution in [0.2, 0.25) is 0 Å².